The van der Waals surface area contributed by atoms with Crippen LogP contribution in [0.25, 0.3) is 10.6 Å². The zero-order valence-electron chi connectivity index (χ0n) is 11.9. The summed E-state index contributed by atoms with van der Waals surface area (Å²) in [6.07, 6.45) is 0. The number of aromatic nitrogens is 1. The molecule has 0 fully saturated rings. The summed E-state index contributed by atoms with van der Waals surface area (Å²) in [6.45, 7) is 3.42. The van der Waals surface area contributed by atoms with E-state index in [0.29, 0.717) is 22.9 Å². The maximum atomic E-state index is 12.0. The number of rotatable bonds is 6. The second-order valence-electron chi connectivity index (χ2n) is 4.22. The van der Waals surface area contributed by atoms with Crippen LogP contribution in [0.1, 0.15) is 22.3 Å². The Hall–Kier alpha value is -1.95. The summed E-state index contributed by atoms with van der Waals surface area (Å²) in [6, 6.07) is 7.18. The van der Waals surface area contributed by atoms with Crippen molar-refractivity contribution in [1.29, 1.82) is 0 Å². The quantitative estimate of drug-likeness (QED) is 0.764. The summed E-state index contributed by atoms with van der Waals surface area (Å²) >= 11 is 1.30. The summed E-state index contributed by atoms with van der Waals surface area (Å²) in [5.41, 5.74) is 1.54. The number of alkyl halides is 1. The van der Waals surface area contributed by atoms with Gasteiger partial charge in [-0.25, -0.2) is 14.2 Å². The molecule has 2 rings (SSSR count). The van der Waals surface area contributed by atoms with Gasteiger partial charge >= 0.3 is 5.97 Å². The molecular formula is C15H16FNO3S. The Morgan fingerprint density at radius 1 is 1.33 bits per heavy atom. The Labute approximate surface area is 126 Å². The van der Waals surface area contributed by atoms with Crippen molar-refractivity contribution in [3.8, 4) is 16.3 Å². The van der Waals surface area contributed by atoms with Gasteiger partial charge < -0.3 is 9.47 Å². The standard InChI is InChI=1S/C15H16FNO3S/c1-3-19-15(18)13-10(2)17-14(21-13)11-4-6-12(7-5-11)20-9-8-16/h4-7H,3,8-9H2,1-2H3. The number of nitrogens with zero attached hydrogens (tertiary/aromatic N) is 1. The van der Waals surface area contributed by atoms with E-state index in [1.807, 2.05) is 12.1 Å². The Balaban J connectivity index is 2.18. The summed E-state index contributed by atoms with van der Waals surface area (Å²) in [4.78, 5) is 16.7. The molecule has 1 aromatic carbocycles. The van der Waals surface area contributed by atoms with Crippen LogP contribution in [0.3, 0.4) is 0 Å². The zero-order valence-corrected chi connectivity index (χ0v) is 12.7. The number of carbonyl (C=O) groups excluding carboxylic acids is 1. The lowest BCUT2D eigenvalue weighted by molar-refractivity contribution is 0.0531. The second-order valence-corrected chi connectivity index (χ2v) is 5.21. The molecule has 1 heterocycles. The van der Waals surface area contributed by atoms with E-state index < -0.39 is 6.67 Å². The van der Waals surface area contributed by atoms with Crippen LogP contribution in [0.4, 0.5) is 4.39 Å². The molecule has 0 saturated heterocycles. The van der Waals surface area contributed by atoms with E-state index in [-0.39, 0.29) is 12.6 Å². The highest BCUT2D eigenvalue weighted by Crippen LogP contribution is 2.29. The van der Waals surface area contributed by atoms with Gasteiger partial charge in [-0.2, -0.15) is 0 Å². The summed E-state index contributed by atoms with van der Waals surface area (Å²) in [5.74, 6) is 0.261. The number of hydrogen-bond acceptors (Lipinski definition) is 5. The molecule has 2 aromatic rings. The number of thiazole rings is 1. The fourth-order valence-corrected chi connectivity index (χ4v) is 2.72. The number of esters is 1. The Bertz CT molecular complexity index is 610. The molecule has 21 heavy (non-hydrogen) atoms. The highest BCUT2D eigenvalue weighted by Gasteiger charge is 2.17. The summed E-state index contributed by atoms with van der Waals surface area (Å²) in [7, 11) is 0. The lowest BCUT2D eigenvalue weighted by Crippen LogP contribution is -2.03. The van der Waals surface area contributed by atoms with Crippen LogP contribution in [-0.4, -0.2) is 30.8 Å². The van der Waals surface area contributed by atoms with Crippen LogP contribution in [-0.2, 0) is 4.74 Å². The van der Waals surface area contributed by atoms with E-state index in [9.17, 15) is 9.18 Å². The third kappa shape index (κ3) is 3.78. The number of ether oxygens (including phenoxy) is 2. The van der Waals surface area contributed by atoms with E-state index in [1.54, 1.807) is 26.0 Å². The SMILES string of the molecule is CCOC(=O)c1sc(-c2ccc(OCCF)cc2)nc1C. The van der Waals surface area contributed by atoms with Gasteiger partial charge in [-0.05, 0) is 38.1 Å². The average Bonchev–Trinajstić information content (AvgIpc) is 2.88. The highest BCUT2D eigenvalue weighted by atomic mass is 32.1. The molecule has 0 aliphatic carbocycles. The number of aryl methyl sites for hydroxylation is 1. The molecule has 0 spiro atoms. The van der Waals surface area contributed by atoms with Crippen molar-refractivity contribution < 1.29 is 18.7 Å². The van der Waals surface area contributed by atoms with Gasteiger partial charge in [0, 0.05) is 5.56 Å². The van der Waals surface area contributed by atoms with Gasteiger partial charge in [0.15, 0.2) is 0 Å². The minimum atomic E-state index is -0.518. The fourth-order valence-electron chi connectivity index (χ4n) is 1.76. The van der Waals surface area contributed by atoms with E-state index in [1.165, 1.54) is 11.3 Å². The zero-order chi connectivity index (χ0) is 15.2. The van der Waals surface area contributed by atoms with Crippen molar-refractivity contribution in [2.45, 2.75) is 13.8 Å². The van der Waals surface area contributed by atoms with E-state index >= 15 is 0 Å². The van der Waals surface area contributed by atoms with Crippen LogP contribution in [0.5, 0.6) is 5.75 Å². The molecule has 0 aliphatic rings. The molecule has 0 radical (unpaired) electrons. The topological polar surface area (TPSA) is 48.4 Å². The Kier molecular flexibility index (Phi) is 5.27. The molecule has 0 saturated carbocycles. The molecule has 0 aliphatic heterocycles. The largest absolute Gasteiger partial charge is 0.491 e. The van der Waals surface area contributed by atoms with Crippen molar-refractivity contribution in [3.63, 3.8) is 0 Å². The fraction of sp³-hybridized carbons (Fsp3) is 0.333. The van der Waals surface area contributed by atoms with Crippen molar-refractivity contribution in [2.75, 3.05) is 19.9 Å². The number of hydrogen-bond donors (Lipinski definition) is 0. The Morgan fingerprint density at radius 3 is 2.67 bits per heavy atom. The monoisotopic (exact) mass is 309 g/mol. The predicted octanol–water partition coefficient (Wildman–Crippen LogP) is 3.64. The maximum absolute atomic E-state index is 12.0. The lowest BCUT2D eigenvalue weighted by Gasteiger charge is -2.03. The van der Waals surface area contributed by atoms with Gasteiger partial charge in [-0.15, -0.1) is 11.3 Å². The predicted molar refractivity (Wildman–Crippen MR) is 79.7 cm³/mol. The number of benzene rings is 1. The maximum Gasteiger partial charge on any atom is 0.350 e. The summed E-state index contributed by atoms with van der Waals surface area (Å²) < 4.78 is 22.2. The normalized spacial score (nSPS) is 10.4. The minimum absolute atomic E-state index is 0.0444. The van der Waals surface area contributed by atoms with Gasteiger partial charge in [-0.1, -0.05) is 0 Å². The lowest BCUT2D eigenvalue weighted by atomic mass is 10.2. The number of halogens is 1. The first-order valence-corrected chi connectivity index (χ1v) is 7.41. The average molecular weight is 309 g/mol. The molecule has 0 atom stereocenters. The van der Waals surface area contributed by atoms with Crippen LogP contribution >= 0.6 is 11.3 Å². The van der Waals surface area contributed by atoms with Gasteiger partial charge in [0.05, 0.1) is 12.3 Å². The minimum Gasteiger partial charge on any atom is -0.491 e. The molecule has 0 unspecified atom stereocenters. The molecule has 0 N–H and O–H groups in total. The van der Waals surface area contributed by atoms with Crippen molar-refractivity contribution in [3.05, 3.63) is 34.8 Å². The molecule has 0 bridgehead atoms. The van der Waals surface area contributed by atoms with Crippen molar-refractivity contribution >= 4 is 17.3 Å². The van der Waals surface area contributed by atoms with Crippen LogP contribution in [0.2, 0.25) is 0 Å². The van der Waals surface area contributed by atoms with E-state index in [4.69, 9.17) is 9.47 Å². The first-order chi connectivity index (χ1) is 10.2. The van der Waals surface area contributed by atoms with Crippen molar-refractivity contribution in [2.24, 2.45) is 0 Å². The van der Waals surface area contributed by atoms with Gasteiger partial charge in [0.1, 0.15) is 28.9 Å². The van der Waals surface area contributed by atoms with E-state index in [2.05, 4.69) is 4.98 Å². The van der Waals surface area contributed by atoms with Crippen molar-refractivity contribution in [1.82, 2.24) is 4.98 Å². The molecule has 4 nitrogen and oxygen atoms in total. The molecule has 6 heteroatoms. The molecular weight excluding hydrogens is 293 g/mol. The van der Waals surface area contributed by atoms with Gasteiger partial charge in [-0.3, -0.25) is 0 Å². The third-order valence-electron chi connectivity index (χ3n) is 2.70. The highest BCUT2D eigenvalue weighted by molar-refractivity contribution is 7.17. The number of carbonyl (C=O) groups is 1. The molecule has 112 valence electrons. The third-order valence-corrected chi connectivity index (χ3v) is 3.89. The summed E-state index contributed by atoms with van der Waals surface area (Å²) in [5, 5.41) is 0.743. The van der Waals surface area contributed by atoms with Crippen LogP contribution in [0.15, 0.2) is 24.3 Å². The smallest absolute Gasteiger partial charge is 0.350 e. The van der Waals surface area contributed by atoms with Crippen LogP contribution < -0.4 is 4.74 Å². The first kappa shape index (κ1) is 15.4. The Morgan fingerprint density at radius 2 is 2.05 bits per heavy atom. The van der Waals surface area contributed by atoms with E-state index in [0.717, 1.165) is 10.6 Å². The molecule has 0 amide bonds. The van der Waals surface area contributed by atoms with Gasteiger partial charge in [0.25, 0.3) is 0 Å². The first-order valence-electron chi connectivity index (χ1n) is 6.59. The van der Waals surface area contributed by atoms with Crippen LogP contribution in [0, 0.1) is 6.92 Å². The van der Waals surface area contributed by atoms with Gasteiger partial charge in [0.2, 0.25) is 0 Å². The second kappa shape index (κ2) is 7.17. The molecule has 1 aromatic heterocycles.